The van der Waals surface area contributed by atoms with E-state index in [2.05, 4.69) is 48.6 Å². The quantitative estimate of drug-likeness (QED) is 0.721. The van der Waals surface area contributed by atoms with E-state index in [1.54, 1.807) is 0 Å². The number of nitrogens with one attached hydrogen (secondary N) is 1. The molecule has 0 aromatic heterocycles. The van der Waals surface area contributed by atoms with Crippen LogP contribution >= 0.6 is 11.8 Å². The highest BCUT2D eigenvalue weighted by atomic mass is 32.2. The third-order valence-electron chi connectivity index (χ3n) is 5.27. The number of thioether (sulfide) groups is 1. The summed E-state index contributed by atoms with van der Waals surface area (Å²) in [4.78, 5) is 12.9. The summed E-state index contributed by atoms with van der Waals surface area (Å²) in [5.74, 6) is 2.17. The lowest BCUT2D eigenvalue weighted by molar-refractivity contribution is -0.126. The van der Waals surface area contributed by atoms with E-state index in [0.717, 1.165) is 43.7 Å². The normalized spacial score (nSPS) is 15.9. The molecule has 3 heteroatoms. The van der Waals surface area contributed by atoms with E-state index < -0.39 is 0 Å². The van der Waals surface area contributed by atoms with Gasteiger partial charge < -0.3 is 5.32 Å². The van der Waals surface area contributed by atoms with Gasteiger partial charge in [0.1, 0.15) is 0 Å². The average molecular weight is 354 g/mol. The number of benzene rings is 2. The van der Waals surface area contributed by atoms with E-state index in [4.69, 9.17) is 0 Å². The Morgan fingerprint density at radius 3 is 2.44 bits per heavy atom. The molecule has 0 saturated heterocycles. The number of rotatable bonds is 7. The van der Waals surface area contributed by atoms with Crippen molar-refractivity contribution in [3.63, 3.8) is 0 Å². The lowest BCUT2D eigenvalue weighted by atomic mass is 9.78. The molecule has 0 unspecified atom stereocenters. The molecule has 2 aromatic carbocycles. The molecule has 132 valence electrons. The minimum Gasteiger partial charge on any atom is -0.355 e. The fourth-order valence-electron chi connectivity index (χ4n) is 3.74. The van der Waals surface area contributed by atoms with Crippen LogP contribution in [0, 0.1) is 6.92 Å². The van der Waals surface area contributed by atoms with E-state index in [1.165, 1.54) is 16.7 Å². The van der Waals surface area contributed by atoms with Gasteiger partial charge in [0.05, 0.1) is 5.41 Å². The van der Waals surface area contributed by atoms with Crippen LogP contribution in [0.2, 0.25) is 0 Å². The maximum absolute atomic E-state index is 12.9. The molecule has 0 aliphatic heterocycles. The molecule has 0 atom stereocenters. The predicted molar refractivity (Wildman–Crippen MR) is 107 cm³/mol. The van der Waals surface area contributed by atoms with Gasteiger partial charge in [-0.05, 0) is 36.5 Å². The summed E-state index contributed by atoms with van der Waals surface area (Å²) in [6.07, 6.45) is 4.23. The van der Waals surface area contributed by atoms with Crippen molar-refractivity contribution in [2.75, 3.05) is 12.3 Å². The van der Waals surface area contributed by atoms with Gasteiger partial charge in [0, 0.05) is 18.1 Å². The summed E-state index contributed by atoms with van der Waals surface area (Å²) in [5, 5.41) is 3.21. The fourth-order valence-corrected chi connectivity index (χ4v) is 4.68. The third-order valence-corrected chi connectivity index (χ3v) is 6.28. The van der Waals surface area contributed by atoms with Crippen LogP contribution in [-0.2, 0) is 16.0 Å². The maximum atomic E-state index is 12.9. The van der Waals surface area contributed by atoms with Gasteiger partial charge in [0.2, 0.25) is 5.91 Å². The summed E-state index contributed by atoms with van der Waals surface area (Å²) in [6, 6.07) is 18.8. The van der Waals surface area contributed by atoms with Crippen LogP contribution in [-0.4, -0.2) is 18.2 Å². The molecule has 0 spiro atoms. The van der Waals surface area contributed by atoms with Crippen LogP contribution in [0.1, 0.15) is 42.4 Å². The Balaban J connectivity index is 1.50. The second-order valence-electron chi connectivity index (χ2n) is 6.89. The zero-order valence-corrected chi connectivity index (χ0v) is 15.8. The molecule has 1 fully saturated rings. The summed E-state index contributed by atoms with van der Waals surface area (Å²) >= 11 is 1.89. The first kappa shape index (κ1) is 18.1. The zero-order chi connectivity index (χ0) is 17.5. The molecule has 2 aromatic rings. The van der Waals surface area contributed by atoms with Crippen LogP contribution < -0.4 is 5.32 Å². The predicted octanol–water partition coefficient (Wildman–Crippen LogP) is 4.86. The van der Waals surface area contributed by atoms with Crippen LogP contribution in [0.3, 0.4) is 0 Å². The number of aryl methyl sites for hydroxylation is 1. The van der Waals surface area contributed by atoms with Crippen molar-refractivity contribution in [1.29, 1.82) is 0 Å². The summed E-state index contributed by atoms with van der Waals surface area (Å²) in [5.41, 5.74) is 3.60. The molecule has 0 heterocycles. The van der Waals surface area contributed by atoms with Crippen LogP contribution in [0.4, 0.5) is 0 Å². The lowest BCUT2D eigenvalue weighted by Gasteiger charge is -2.28. The average Bonchev–Trinajstić information content (AvgIpc) is 3.15. The Labute approximate surface area is 155 Å². The highest BCUT2D eigenvalue weighted by Crippen LogP contribution is 2.41. The van der Waals surface area contributed by atoms with Crippen molar-refractivity contribution in [2.45, 2.75) is 43.8 Å². The van der Waals surface area contributed by atoms with Crippen molar-refractivity contribution >= 4 is 17.7 Å². The monoisotopic (exact) mass is 353 g/mol. The summed E-state index contributed by atoms with van der Waals surface area (Å²) < 4.78 is 0. The molecule has 1 N–H and O–H groups in total. The Morgan fingerprint density at radius 2 is 1.72 bits per heavy atom. The van der Waals surface area contributed by atoms with Crippen molar-refractivity contribution in [1.82, 2.24) is 5.32 Å². The topological polar surface area (TPSA) is 29.1 Å². The lowest BCUT2D eigenvalue weighted by Crippen LogP contribution is -2.43. The molecule has 3 rings (SSSR count). The molecular weight excluding hydrogens is 326 g/mol. The second kappa shape index (κ2) is 8.57. The van der Waals surface area contributed by atoms with Gasteiger partial charge in [-0.15, -0.1) is 0 Å². The molecule has 1 aliphatic carbocycles. The smallest absolute Gasteiger partial charge is 0.230 e. The zero-order valence-electron chi connectivity index (χ0n) is 15.0. The van der Waals surface area contributed by atoms with Gasteiger partial charge in [-0.25, -0.2) is 0 Å². The Kier molecular flexibility index (Phi) is 6.19. The first-order valence-corrected chi connectivity index (χ1v) is 10.3. The van der Waals surface area contributed by atoms with Gasteiger partial charge in [-0.1, -0.05) is 67.4 Å². The highest BCUT2D eigenvalue weighted by Gasteiger charge is 2.42. The summed E-state index contributed by atoms with van der Waals surface area (Å²) in [6.45, 7) is 2.89. The molecule has 25 heavy (non-hydrogen) atoms. The van der Waals surface area contributed by atoms with E-state index in [-0.39, 0.29) is 11.3 Å². The molecular formula is C22H27NOS. The number of hydrogen-bond acceptors (Lipinski definition) is 2. The van der Waals surface area contributed by atoms with Gasteiger partial charge in [-0.3, -0.25) is 4.79 Å². The Bertz CT molecular complexity index is 692. The minimum absolute atomic E-state index is 0.215. The fraction of sp³-hybridized carbons (Fsp3) is 0.409. The molecule has 1 saturated carbocycles. The number of carbonyl (C=O) groups is 1. The molecule has 0 radical (unpaired) electrons. The SMILES string of the molecule is Cc1ccccc1CSCCNC(=O)C1(c2ccccc2)CCCC1. The maximum Gasteiger partial charge on any atom is 0.230 e. The molecule has 1 amide bonds. The van der Waals surface area contributed by atoms with Crippen LogP contribution in [0.5, 0.6) is 0 Å². The van der Waals surface area contributed by atoms with Crippen molar-refractivity contribution in [3.8, 4) is 0 Å². The van der Waals surface area contributed by atoms with Crippen molar-refractivity contribution in [2.24, 2.45) is 0 Å². The van der Waals surface area contributed by atoms with Gasteiger partial charge >= 0.3 is 0 Å². The van der Waals surface area contributed by atoms with Crippen LogP contribution in [0.15, 0.2) is 54.6 Å². The Hall–Kier alpha value is -1.74. The number of amides is 1. The van der Waals surface area contributed by atoms with Gasteiger partial charge in [-0.2, -0.15) is 11.8 Å². The minimum atomic E-state index is -0.304. The van der Waals surface area contributed by atoms with E-state index in [0.29, 0.717) is 0 Å². The molecule has 2 nitrogen and oxygen atoms in total. The van der Waals surface area contributed by atoms with E-state index in [1.807, 2.05) is 30.0 Å². The Morgan fingerprint density at radius 1 is 1.04 bits per heavy atom. The number of hydrogen-bond donors (Lipinski definition) is 1. The standard InChI is InChI=1S/C22H27NOS/c1-18-9-5-6-10-19(18)17-25-16-15-23-21(24)22(13-7-8-14-22)20-11-3-2-4-12-20/h2-6,9-12H,7-8,13-17H2,1H3,(H,23,24). The van der Waals surface area contributed by atoms with Crippen molar-refractivity contribution < 1.29 is 4.79 Å². The highest BCUT2D eigenvalue weighted by molar-refractivity contribution is 7.98. The molecule has 0 bridgehead atoms. The first-order valence-electron chi connectivity index (χ1n) is 9.18. The third kappa shape index (κ3) is 4.27. The largest absolute Gasteiger partial charge is 0.355 e. The van der Waals surface area contributed by atoms with Gasteiger partial charge in [0.25, 0.3) is 0 Å². The van der Waals surface area contributed by atoms with E-state index in [9.17, 15) is 4.79 Å². The first-order chi connectivity index (χ1) is 12.2. The number of carbonyl (C=O) groups excluding carboxylic acids is 1. The van der Waals surface area contributed by atoms with Crippen molar-refractivity contribution in [3.05, 3.63) is 71.3 Å². The second-order valence-corrected chi connectivity index (χ2v) is 8.00. The summed E-state index contributed by atoms with van der Waals surface area (Å²) in [7, 11) is 0. The van der Waals surface area contributed by atoms with Gasteiger partial charge in [0.15, 0.2) is 0 Å². The molecule has 1 aliphatic rings. The van der Waals surface area contributed by atoms with Crippen LogP contribution in [0.25, 0.3) is 0 Å². The van der Waals surface area contributed by atoms with E-state index >= 15 is 0 Å².